The average molecular weight is 277 g/mol. The monoisotopic (exact) mass is 277 g/mol. The molecular weight excluding hydrogens is 262 g/mol. The number of rotatable bonds is 3. The Balaban J connectivity index is 1.93. The number of fused-ring (bicyclic) bond motifs is 2. The third-order valence-corrected chi connectivity index (χ3v) is 4.52. The van der Waals surface area contributed by atoms with Gasteiger partial charge in [-0.1, -0.05) is 24.0 Å². The molecule has 3 N–H and O–H groups in total. The summed E-state index contributed by atoms with van der Waals surface area (Å²) in [6, 6.07) is 4.48. The van der Waals surface area contributed by atoms with Crippen molar-refractivity contribution in [2.24, 2.45) is 5.73 Å². The van der Waals surface area contributed by atoms with Crippen molar-refractivity contribution in [2.75, 3.05) is 5.75 Å². The Labute approximate surface area is 116 Å². The van der Waals surface area contributed by atoms with Crippen LogP contribution in [0, 0.1) is 0 Å². The van der Waals surface area contributed by atoms with Crippen LogP contribution >= 0.6 is 24.0 Å². The molecule has 3 rings (SSSR count). The van der Waals surface area contributed by atoms with E-state index in [9.17, 15) is 0 Å². The fourth-order valence-electron chi connectivity index (χ4n) is 2.43. The number of nitrogens with two attached hydrogens (primary N) is 1. The normalized spacial score (nSPS) is 14.7. The van der Waals surface area contributed by atoms with Crippen LogP contribution in [0.15, 0.2) is 17.3 Å². The second kappa shape index (κ2) is 4.90. The SMILES string of the molecule is NC(=S)CSc1nc2cc3c(cc2[nH]1)CCCC3. The Morgan fingerprint density at radius 2 is 2.06 bits per heavy atom. The first-order valence-electron chi connectivity index (χ1n) is 6.15. The van der Waals surface area contributed by atoms with Gasteiger partial charge in [0, 0.05) is 0 Å². The number of hydrogen-bond donors (Lipinski definition) is 2. The summed E-state index contributed by atoms with van der Waals surface area (Å²) in [5.74, 6) is 0.634. The van der Waals surface area contributed by atoms with Crippen molar-refractivity contribution >= 4 is 40.0 Å². The van der Waals surface area contributed by atoms with E-state index in [1.807, 2.05) is 0 Å². The van der Waals surface area contributed by atoms with E-state index in [4.69, 9.17) is 18.0 Å². The van der Waals surface area contributed by atoms with Gasteiger partial charge in [-0.3, -0.25) is 0 Å². The molecule has 1 aliphatic rings. The number of nitrogens with one attached hydrogen (secondary N) is 1. The minimum absolute atomic E-state index is 0.514. The van der Waals surface area contributed by atoms with Crippen molar-refractivity contribution in [2.45, 2.75) is 30.8 Å². The molecule has 1 aliphatic carbocycles. The number of aromatic nitrogens is 2. The van der Waals surface area contributed by atoms with Crippen LogP contribution in [-0.2, 0) is 12.8 Å². The third-order valence-electron chi connectivity index (χ3n) is 3.27. The number of aryl methyl sites for hydroxylation is 2. The summed E-state index contributed by atoms with van der Waals surface area (Å²) in [6.07, 6.45) is 4.98. The predicted molar refractivity (Wildman–Crippen MR) is 80.2 cm³/mol. The van der Waals surface area contributed by atoms with Gasteiger partial charge in [-0.2, -0.15) is 0 Å². The number of aromatic amines is 1. The van der Waals surface area contributed by atoms with E-state index in [-0.39, 0.29) is 0 Å². The number of thiocarbonyl (C=S) groups is 1. The molecule has 0 saturated heterocycles. The van der Waals surface area contributed by atoms with Crippen LogP contribution in [-0.4, -0.2) is 20.7 Å². The molecule has 0 bridgehead atoms. The predicted octanol–water partition coefficient (Wildman–Crippen LogP) is 2.82. The number of nitrogens with zero attached hydrogens (tertiary/aromatic N) is 1. The molecule has 3 nitrogen and oxygen atoms in total. The fourth-order valence-corrected chi connectivity index (χ4v) is 3.23. The Kier molecular flexibility index (Phi) is 3.26. The van der Waals surface area contributed by atoms with E-state index in [0.29, 0.717) is 10.7 Å². The largest absolute Gasteiger partial charge is 0.393 e. The van der Waals surface area contributed by atoms with E-state index in [1.54, 1.807) is 11.8 Å². The highest BCUT2D eigenvalue weighted by Crippen LogP contribution is 2.27. The Bertz CT molecular complexity index is 561. The summed E-state index contributed by atoms with van der Waals surface area (Å²) in [5.41, 5.74) is 10.6. The lowest BCUT2D eigenvalue weighted by Crippen LogP contribution is -2.10. The van der Waals surface area contributed by atoms with Gasteiger partial charge in [-0.25, -0.2) is 4.98 Å². The minimum Gasteiger partial charge on any atom is -0.393 e. The summed E-state index contributed by atoms with van der Waals surface area (Å²) in [5, 5.41) is 0.903. The van der Waals surface area contributed by atoms with Gasteiger partial charge in [0.15, 0.2) is 5.16 Å². The molecule has 0 atom stereocenters. The highest BCUT2D eigenvalue weighted by Gasteiger charge is 2.12. The second-order valence-corrected chi connectivity index (χ2v) is 6.13. The maximum absolute atomic E-state index is 5.50. The molecule has 94 valence electrons. The van der Waals surface area contributed by atoms with E-state index >= 15 is 0 Å². The van der Waals surface area contributed by atoms with E-state index < -0.39 is 0 Å². The van der Waals surface area contributed by atoms with Gasteiger partial charge < -0.3 is 10.7 Å². The quantitative estimate of drug-likeness (QED) is 0.669. The Morgan fingerprint density at radius 3 is 2.78 bits per heavy atom. The topological polar surface area (TPSA) is 54.7 Å². The third kappa shape index (κ3) is 2.37. The number of hydrogen-bond acceptors (Lipinski definition) is 3. The van der Waals surface area contributed by atoms with Crippen LogP contribution < -0.4 is 5.73 Å². The maximum atomic E-state index is 5.50. The first kappa shape index (κ1) is 12.0. The lowest BCUT2D eigenvalue weighted by Gasteiger charge is -2.14. The molecule has 2 aromatic rings. The number of H-pyrrole nitrogens is 1. The summed E-state index contributed by atoms with van der Waals surface area (Å²) in [6.45, 7) is 0. The summed E-state index contributed by atoms with van der Waals surface area (Å²) >= 11 is 6.44. The van der Waals surface area contributed by atoms with Crippen molar-refractivity contribution in [1.82, 2.24) is 9.97 Å². The molecule has 18 heavy (non-hydrogen) atoms. The molecule has 0 radical (unpaired) electrons. The van der Waals surface area contributed by atoms with Crippen molar-refractivity contribution in [3.05, 3.63) is 23.3 Å². The first-order chi connectivity index (χ1) is 8.72. The van der Waals surface area contributed by atoms with E-state index in [0.717, 1.165) is 16.2 Å². The van der Waals surface area contributed by atoms with Crippen LogP contribution in [0.5, 0.6) is 0 Å². The van der Waals surface area contributed by atoms with Crippen molar-refractivity contribution in [3.8, 4) is 0 Å². The molecule has 5 heteroatoms. The van der Waals surface area contributed by atoms with Crippen molar-refractivity contribution < 1.29 is 0 Å². The van der Waals surface area contributed by atoms with E-state index in [1.165, 1.54) is 36.8 Å². The highest BCUT2D eigenvalue weighted by atomic mass is 32.2. The molecule has 0 amide bonds. The number of thioether (sulfide) groups is 1. The van der Waals surface area contributed by atoms with Gasteiger partial charge in [-0.15, -0.1) is 0 Å². The second-order valence-electron chi connectivity index (χ2n) is 4.64. The van der Waals surface area contributed by atoms with Crippen LogP contribution in [0.4, 0.5) is 0 Å². The standard InChI is InChI=1S/C13H15N3S2/c14-12(17)7-18-13-15-10-5-8-3-1-2-4-9(8)6-11(10)16-13/h5-6H,1-4,7H2,(H2,14,17)(H,15,16). The summed E-state index contributed by atoms with van der Waals surface area (Å²) in [7, 11) is 0. The average Bonchev–Trinajstić information content (AvgIpc) is 2.75. The van der Waals surface area contributed by atoms with Crippen LogP contribution in [0.1, 0.15) is 24.0 Å². The Hall–Kier alpha value is -1.07. The van der Waals surface area contributed by atoms with Crippen LogP contribution in [0.3, 0.4) is 0 Å². The van der Waals surface area contributed by atoms with Crippen LogP contribution in [0.25, 0.3) is 11.0 Å². The Morgan fingerprint density at radius 1 is 1.33 bits per heavy atom. The molecule has 0 saturated carbocycles. The summed E-state index contributed by atoms with van der Waals surface area (Å²) in [4.78, 5) is 8.44. The molecule has 0 aliphatic heterocycles. The molecule has 1 aromatic carbocycles. The lowest BCUT2D eigenvalue weighted by molar-refractivity contribution is 0.687. The molecule has 1 aromatic heterocycles. The minimum atomic E-state index is 0.514. The van der Waals surface area contributed by atoms with Gasteiger partial charge in [0.1, 0.15) is 0 Å². The first-order valence-corrected chi connectivity index (χ1v) is 7.54. The highest BCUT2D eigenvalue weighted by molar-refractivity contribution is 8.00. The zero-order valence-corrected chi connectivity index (χ0v) is 11.7. The van der Waals surface area contributed by atoms with Crippen molar-refractivity contribution in [3.63, 3.8) is 0 Å². The molecule has 1 heterocycles. The number of imidazole rings is 1. The zero-order chi connectivity index (χ0) is 12.5. The smallest absolute Gasteiger partial charge is 0.166 e. The van der Waals surface area contributed by atoms with Crippen molar-refractivity contribution in [1.29, 1.82) is 0 Å². The van der Waals surface area contributed by atoms with Gasteiger partial charge in [0.05, 0.1) is 21.8 Å². The van der Waals surface area contributed by atoms with Gasteiger partial charge >= 0.3 is 0 Å². The van der Waals surface area contributed by atoms with Crippen LogP contribution in [0.2, 0.25) is 0 Å². The lowest BCUT2D eigenvalue weighted by atomic mass is 9.91. The summed E-state index contributed by atoms with van der Waals surface area (Å²) < 4.78 is 0. The molecule has 0 spiro atoms. The molecule has 0 unspecified atom stereocenters. The fraction of sp³-hybridized carbons (Fsp3) is 0.385. The molecule has 0 fully saturated rings. The van der Waals surface area contributed by atoms with Gasteiger partial charge in [0.25, 0.3) is 0 Å². The maximum Gasteiger partial charge on any atom is 0.166 e. The molecular formula is C13H15N3S2. The van der Waals surface area contributed by atoms with Gasteiger partial charge in [0.2, 0.25) is 0 Å². The van der Waals surface area contributed by atoms with Gasteiger partial charge in [-0.05, 0) is 48.9 Å². The van der Waals surface area contributed by atoms with E-state index in [2.05, 4.69) is 22.1 Å². The zero-order valence-electron chi connectivity index (χ0n) is 10.0. The number of benzene rings is 1.